The smallest absolute Gasteiger partial charge is 0.246 e. The van der Waals surface area contributed by atoms with Crippen molar-refractivity contribution in [1.29, 1.82) is 0 Å². The van der Waals surface area contributed by atoms with Crippen molar-refractivity contribution in [3.05, 3.63) is 82.7 Å². The number of benzene rings is 2. The largest absolute Gasteiger partial charge is 0.391 e. The third-order valence-electron chi connectivity index (χ3n) is 10.3. The lowest BCUT2D eigenvalue weighted by atomic mass is 9.85. The molecule has 0 spiro atoms. The van der Waals surface area contributed by atoms with Crippen molar-refractivity contribution in [2.24, 2.45) is 11.3 Å². The number of hydrogen-bond acceptors (Lipinski definition) is 9. The molecule has 6 rings (SSSR count). The first-order chi connectivity index (χ1) is 25.3. The van der Waals surface area contributed by atoms with Crippen LogP contribution in [-0.2, 0) is 14.4 Å². The zero-order valence-corrected chi connectivity index (χ0v) is 32.5. The fourth-order valence-electron chi connectivity index (χ4n) is 7.26. The number of rotatable bonds is 10. The van der Waals surface area contributed by atoms with Crippen molar-refractivity contribution in [1.82, 2.24) is 30.7 Å². The van der Waals surface area contributed by atoms with E-state index in [0.717, 1.165) is 64.4 Å². The van der Waals surface area contributed by atoms with Crippen LogP contribution in [0.5, 0.6) is 0 Å². The summed E-state index contributed by atoms with van der Waals surface area (Å²) < 4.78 is 0. The predicted molar refractivity (Wildman–Crippen MR) is 208 cm³/mol. The van der Waals surface area contributed by atoms with E-state index in [1.165, 1.54) is 4.90 Å². The molecule has 280 valence electrons. The van der Waals surface area contributed by atoms with Gasteiger partial charge >= 0.3 is 0 Å². The molecule has 13 heteroatoms. The molecule has 11 nitrogen and oxygen atoms in total. The average Bonchev–Trinajstić information content (AvgIpc) is 3.75. The van der Waals surface area contributed by atoms with Crippen LogP contribution in [0.1, 0.15) is 70.7 Å². The lowest BCUT2D eigenvalue weighted by molar-refractivity contribution is -0.144. The molecule has 2 fully saturated rings. The first-order valence-electron chi connectivity index (χ1n) is 18.2. The van der Waals surface area contributed by atoms with Gasteiger partial charge in [-0.1, -0.05) is 68.8 Å². The Kier molecular flexibility index (Phi) is 11.8. The molecule has 2 saturated heterocycles. The van der Waals surface area contributed by atoms with Crippen molar-refractivity contribution in [2.45, 2.75) is 84.5 Å². The van der Waals surface area contributed by atoms with Gasteiger partial charge in [0.15, 0.2) is 5.15 Å². The second kappa shape index (κ2) is 16.3. The second-order valence-corrected chi connectivity index (χ2v) is 16.6. The van der Waals surface area contributed by atoms with E-state index in [1.807, 2.05) is 76.5 Å². The molecule has 4 heterocycles. The van der Waals surface area contributed by atoms with Gasteiger partial charge in [0, 0.05) is 43.7 Å². The number of hydrogen-bond donors (Lipinski definition) is 3. The van der Waals surface area contributed by atoms with Crippen LogP contribution in [0.2, 0.25) is 5.15 Å². The van der Waals surface area contributed by atoms with Gasteiger partial charge in [0.05, 0.1) is 34.4 Å². The van der Waals surface area contributed by atoms with Gasteiger partial charge in [-0.15, -0.1) is 16.4 Å². The lowest BCUT2D eigenvalue weighted by Crippen LogP contribution is -2.58. The van der Waals surface area contributed by atoms with E-state index in [2.05, 4.69) is 42.8 Å². The van der Waals surface area contributed by atoms with Gasteiger partial charge in [0.2, 0.25) is 17.7 Å². The van der Waals surface area contributed by atoms with E-state index < -0.39 is 23.6 Å². The Morgan fingerprint density at radius 2 is 1.68 bits per heavy atom. The van der Waals surface area contributed by atoms with Crippen molar-refractivity contribution in [3.8, 4) is 21.6 Å². The molecule has 3 amide bonds. The molecule has 4 aromatic rings. The summed E-state index contributed by atoms with van der Waals surface area (Å²) in [6.45, 7) is 11.3. The summed E-state index contributed by atoms with van der Waals surface area (Å²) in [7, 11) is 0. The van der Waals surface area contributed by atoms with Gasteiger partial charge in [-0.05, 0) is 72.9 Å². The third-order valence-corrected chi connectivity index (χ3v) is 11.5. The molecule has 2 aromatic heterocycles. The first kappa shape index (κ1) is 38.3. The fourth-order valence-corrected chi connectivity index (χ4v) is 8.23. The molecule has 1 unspecified atom stereocenters. The van der Waals surface area contributed by atoms with Crippen LogP contribution in [-0.4, -0.2) is 80.7 Å². The van der Waals surface area contributed by atoms with E-state index >= 15 is 0 Å². The van der Waals surface area contributed by atoms with Crippen LogP contribution in [0.3, 0.4) is 0 Å². The monoisotopic (exact) mass is 757 g/mol. The first-order valence-corrected chi connectivity index (χ1v) is 19.4. The molecule has 2 aliphatic rings. The Labute approximate surface area is 320 Å². The molecule has 53 heavy (non-hydrogen) atoms. The minimum atomic E-state index is -0.861. The Morgan fingerprint density at radius 3 is 2.30 bits per heavy atom. The molecule has 0 saturated carbocycles. The predicted octanol–water partition coefficient (Wildman–Crippen LogP) is 6.21. The highest BCUT2D eigenvalue weighted by Gasteiger charge is 2.45. The van der Waals surface area contributed by atoms with Crippen LogP contribution < -0.4 is 15.5 Å². The van der Waals surface area contributed by atoms with Crippen LogP contribution >= 0.6 is 22.9 Å². The minimum Gasteiger partial charge on any atom is -0.391 e. The number of carbonyl (C=O) groups excluding carboxylic acids is 3. The van der Waals surface area contributed by atoms with Crippen LogP contribution in [0.4, 0.5) is 5.69 Å². The molecular weight excluding hydrogens is 710 g/mol. The quantitative estimate of drug-likeness (QED) is 0.174. The molecule has 0 bridgehead atoms. The highest BCUT2D eigenvalue weighted by atomic mass is 35.5. The minimum absolute atomic E-state index is 0.0310. The highest BCUT2D eigenvalue weighted by molar-refractivity contribution is 7.13. The summed E-state index contributed by atoms with van der Waals surface area (Å²) in [5.41, 5.74) is 7.20. The summed E-state index contributed by atoms with van der Waals surface area (Å²) in [6.07, 6.45) is 2.99. The maximum absolute atomic E-state index is 14.1. The maximum Gasteiger partial charge on any atom is 0.246 e. The lowest BCUT2D eigenvalue weighted by Gasteiger charge is -2.36. The molecular formula is C40H48ClN7O4S. The molecule has 2 aliphatic heterocycles. The summed E-state index contributed by atoms with van der Waals surface area (Å²) in [4.78, 5) is 50.5. The number of halogens is 1. The number of β-amino-alcohol motifs (C(OH)–C–C–N with tert-alkyl or cyclic N) is 1. The van der Waals surface area contributed by atoms with E-state index in [9.17, 15) is 19.5 Å². The topological polar surface area (TPSA) is 141 Å². The number of aliphatic hydroxyl groups is 1. The normalized spacial score (nSPS) is 19.2. The van der Waals surface area contributed by atoms with Crippen LogP contribution in [0.15, 0.2) is 66.3 Å². The molecule has 3 N–H and O–H groups in total. The zero-order valence-electron chi connectivity index (χ0n) is 30.9. The van der Waals surface area contributed by atoms with E-state index in [1.54, 1.807) is 23.6 Å². The number of thiazole rings is 1. The van der Waals surface area contributed by atoms with Gasteiger partial charge in [-0.2, -0.15) is 5.10 Å². The maximum atomic E-state index is 14.1. The highest BCUT2D eigenvalue weighted by Crippen LogP contribution is 2.31. The van der Waals surface area contributed by atoms with Gasteiger partial charge in [-0.3, -0.25) is 14.4 Å². The Balaban J connectivity index is 1.03. The van der Waals surface area contributed by atoms with E-state index in [0.29, 0.717) is 11.6 Å². The number of aromatic nitrogens is 3. The number of aliphatic hydroxyl groups excluding tert-OH is 1. The Bertz CT molecular complexity index is 1910. The van der Waals surface area contributed by atoms with Gasteiger partial charge < -0.3 is 25.5 Å². The molecule has 4 atom stereocenters. The third kappa shape index (κ3) is 9.23. The number of amides is 3. The molecule has 2 aromatic carbocycles. The number of likely N-dealkylation sites (tertiary alicyclic amines) is 1. The standard InChI is InChI=1S/C40H48ClN7O4S/c1-24(27-6-8-29(9-7-27)36-25(2)42-23-53-36)44-38(51)33-20-32(49)22-48(33)39(52)37(40(3,4)5)45-35(50)18-26-14-16-47(17-15-26)31-12-10-28(11-13-31)30-19-34(41)46-43-21-30/h6-13,19,21,23-24,26,32-33,37,49H,14-18,20,22H2,1-5H3,(H,44,51)(H,45,50)/t24-,32+,33-,37?/m0/s1. The van der Waals surface area contributed by atoms with Crippen LogP contribution in [0, 0.1) is 18.3 Å². The molecule has 0 radical (unpaired) electrons. The summed E-state index contributed by atoms with van der Waals surface area (Å²) in [6, 6.07) is 16.0. The summed E-state index contributed by atoms with van der Waals surface area (Å²) >= 11 is 7.60. The van der Waals surface area contributed by atoms with Crippen LogP contribution in [0.25, 0.3) is 21.6 Å². The second-order valence-electron chi connectivity index (χ2n) is 15.3. The summed E-state index contributed by atoms with van der Waals surface area (Å²) in [5, 5.41) is 24.8. The number of carbonyl (C=O) groups is 3. The Morgan fingerprint density at radius 1 is 1.00 bits per heavy atom. The van der Waals surface area contributed by atoms with E-state index in [4.69, 9.17) is 11.6 Å². The zero-order chi connectivity index (χ0) is 37.9. The van der Waals surface area contributed by atoms with E-state index in [-0.39, 0.29) is 42.6 Å². The number of aryl methyl sites for hydroxylation is 1. The van der Waals surface area contributed by atoms with Gasteiger partial charge in [0.25, 0.3) is 0 Å². The number of anilines is 1. The van der Waals surface area contributed by atoms with Gasteiger partial charge in [-0.25, -0.2) is 4.98 Å². The molecule has 0 aliphatic carbocycles. The van der Waals surface area contributed by atoms with Crippen molar-refractivity contribution < 1.29 is 19.5 Å². The number of piperidine rings is 1. The van der Waals surface area contributed by atoms with Crippen molar-refractivity contribution >= 4 is 46.3 Å². The van der Waals surface area contributed by atoms with Gasteiger partial charge in [0.1, 0.15) is 12.1 Å². The average molecular weight is 758 g/mol. The van der Waals surface area contributed by atoms with Crippen molar-refractivity contribution in [3.63, 3.8) is 0 Å². The van der Waals surface area contributed by atoms with Crippen molar-refractivity contribution in [2.75, 3.05) is 24.5 Å². The number of nitrogens with zero attached hydrogens (tertiary/aromatic N) is 5. The number of nitrogens with one attached hydrogen (secondary N) is 2. The Hall–Kier alpha value is -4.39. The summed E-state index contributed by atoms with van der Waals surface area (Å²) in [5.74, 6) is -0.691. The fraction of sp³-hybridized carbons (Fsp3) is 0.450. The SMILES string of the molecule is Cc1ncsc1-c1ccc([C@H](C)NC(=O)[C@@H]2C[C@@H](O)CN2C(=O)C(NC(=O)CC2CCN(c3ccc(-c4cnnc(Cl)c4)cc3)CC2)C(C)(C)C)cc1.